The van der Waals surface area contributed by atoms with Crippen LogP contribution in [0.3, 0.4) is 0 Å². The van der Waals surface area contributed by atoms with E-state index in [1.165, 1.54) is 18.7 Å². The van der Waals surface area contributed by atoms with Gasteiger partial charge in [-0.2, -0.15) is 0 Å². The maximum atomic E-state index is 12.3. The van der Waals surface area contributed by atoms with E-state index in [4.69, 9.17) is 27.9 Å². The Bertz CT molecular complexity index is 1130. The van der Waals surface area contributed by atoms with Gasteiger partial charge in [-0.1, -0.05) is 41.0 Å². The van der Waals surface area contributed by atoms with E-state index in [1.54, 1.807) is 48.5 Å². The lowest BCUT2D eigenvalue weighted by molar-refractivity contribution is -0.113. The van der Waals surface area contributed by atoms with E-state index in [9.17, 15) is 9.59 Å². The SMILES string of the molecule is C=CCn1c(COc2cc(Cl)ccc2Cl)nnc1SCC(=O)Nc1ccc(C(C)=O)cc1. The van der Waals surface area contributed by atoms with Crippen LogP contribution in [0.5, 0.6) is 5.75 Å². The van der Waals surface area contributed by atoms with E-state index in [1.807, 2.05) is 4.57 Å². The molecule has 3 rings (SSSR count). The van der Waals surface area contributed by atoms with Crippen LogP contribution >= 0.6 is 35.0 Å². The molecule has 0 fully saturated rings. The largest absolute Gasteiger partial charge is 0.484 e. The Balaban J connectivity index is 1.61. The summed E-state index contributed by atoms with van der Waals surface area (Å²) in [4.78, 5) is 23.7. The van der Waals surface area contributed by atoms with Crippen LogP contribution in [-0.2, 0) is 17.9 Å². The first-order valence-electron chi connectivity index (χ1n) is 9.52. The van der Waals surface area contributed by atoms with Gasteiger partial charge in [0, 0.05) is 28.9 Å². The van der Waals surface area contributed by atoms with Crippen molar-refractivity contribution in [3.63, 3.8) is 0 Å². The van der Waals surface area contributed by atoms with Gasteiger partial charge in [0.25, 0.3) is 0 Å². The normalized spacial score (nSPS) is 10.6. The lowest BCUT2D eigenvalue weighted by Gasteiger charge is -2.10. The number of ether oxygens (including phenoxy) is 1. The van der Waals surface area contributed by atoms with Crippen LogP contribution in [0.2, 0.25) is 10.0 Å². The highest BCUT2D eigenvalue weighted by molar-refractivity contribution is 7.99. The van der Waals surface area contributed by atoms with Gasteiger partial charge in [-0.3, -0.25) is 14.2 Å². The second-order valence-corrected chi connectivity index (χ2v) is 8.42. The molecule has 0 saturated carbocycles. The van der Waals surface area contributed by atoms with Crippen molar-refractivity contribution in [2.75, 3.05) is 11.1 Å². The van der Waals surface area contributed by atoms with E-state index in [0.717, 1.165) is 0 Å². The molecule has 0 aliphatic carbocycles. The topological polar surface area (TPSA) is 86.1 Å². The zero-order valence-electron chi connectivity index (χ0n) is 17.2. The van der Waals surface area contributed by atoms with Gasteiger partial charge in [0.05, 0.1) is 10.8 Å². The van der Waals surface area contributed by atoms with E-state index in [-0.39, 0.29) is 24.1 Å². The van der Waals surface area contributed by atoms with Gasteiger partial charge in [0.2, 0.25) is 5.91 Å². The summed E-state index contributed by atoms with van der Waals surface area (Å²) in [7, 11) is 0. The molecule has 7 nitrogen and oxygen atoms in total. The monoisotopic (exact) mass is 490 g/mol. The number of allylic oxidation sites excluding steroid dienone is 1. The average molecular weight is 491 g/mol. The van der Waals surface area contributed by atoms with Gasteiger partial charge in [0.15, 0.2) is 16.8 Å². The summed E-state index contributed by atoms with van der Waals surface area (Å²) in [6.45, 7) is 5.83. The number of carbonyl (C=O) groups is 2. The number of nitrogens with zero attached hydrogens (tertiary/aromatic N) is 3. The Morgan fingerprint density at radius 3 is 2.62 bits per heavy atom. The zero-order chi connectivity index (χ0) is 23.1. The fourth-order valence-corrected chi connectivity index (χ4v) is 3.79. The molecule has 1 aromatic heterocycles. The molecule has 0 atom stereocenters. The first kappa shape index (κ1) is 23.8. The fraction of sp³-hybridized carbons (Fsp3) is 0.182. The smallest absolute Gasteiger partial charge is 0.234 e. The van der Waals surface area contributed by atoms with Gasteiger partial charge in [-0.15, -0.1) is 16.8 Å². The van der Waals surface area contributed by atoms with E-state index < -0.39 is 0 Å². The van der Waals surface area contributed by atoms with Crippen LogP contribution in [0.25, 0.3) is 0 Å². The highest BCUT2D eigenvalue weighted by atomic mass is 35.5. The molecular formula is C22H20Cl2N4O3S. The Morgan fingerprint density at radius 2 is 1.94 bits per heavy atom. The molecule has 166 valence electrons. The van der Waals surface area contributed by atoms with Crippen molar-refractivity contribution in [1.29, 1.82) is 0 Å². The van der Waals surface area contributed by atoms with E-state index in [0.29, 0.717) is 44.6 Å². The van der Waals surface area contributed by atoms with Crippen LogP contribution in [0.4, 0.5) is 5.69 Å². The molecule has 2 aromatic carbocycles. The summed E-state index contributed by atoms with van der Waals surface area (Å²) in [5.74, 6) is 0.894. The van der Waals surface area contributed by atoms with Gasteiger partial charge in [-0.05, 0) is 43.3 Å². The molecule has 0 saturated heterocycles. The fourth-order valence-electron chi connectivity index (χ4n) is 2.69. The zero-order valence-corrected chi connectivity index (χ0v) is 19.5. The van der Waals surface area contributed by atoms with Crippen LogP contribution in [0.15, 0.2) is 60.3 Å². The van der Waals surface area contributed by atoms with Crippen molar-refractivity contribution < 1.29 is 14.3 Å². The molecule has 0 bridgehead atoms. The van der Waals surface area contributed by atoms with Crippen LogP contribution < -0.4 is 10.1 Å². The molecule has 1 amide bonds. The Labute approximate surface area is 199 Å². The Morgan fingerprint density at radius 1 is 1.19 bits per heavy atom. The molecule has 0 aliphatic rings. The number of aromatic nitrogens is 3. The third-order valence-corrected chi connectivity index (χ3v) is 5.78. The van der Waals surface area contributed by atoms with Crippen molar-refractivity contribution in [2.45, 2.75) is 25.2 Å². The summed E-state index contributed by atoms with van der Waals surface area (Å²) in [5, 5.41) is 12.6. The van der Waals surface area contributed by atoms with Gasteiger partial charge in [-0.25, -0.2) is 0 Å². The number of rotatable bonds is 10. The minimum atomic E-state index is -0.206. The van der Waals surface area contributed by atoms with Crippen molar-refractivity contribution in [3.8, 4) is 5.75 Å². The number of ketones is 1. The van der Waals surface area contributed by atoms with Crippen molar-refractivity contribution >= 4 is 52.3 Å². The predicted octanol–water partition coefficient (Wildman–Crippen LogP) is 5.28. The maximum Gasteiger partial charge on any atom is 0.234 e. The molecule has 0 radical (unpaired) electrons. The third kappa shape index (κ3) is 6.35. The quantitative estimate of drug-likeness (QED) is 0.236. The van der Waals surface area contributed by atoms with Crippen LogP contribution in [-0.4, -0.2) is 32.2 Å². The highest BCUT2D eigenvalue weighted by Crippen LogP contribution is 2.28. The number of hydrogen-bond donors (Lipinski definition) is 1. The second kappa shape index (κ2) is 11.2. The van der Waals surface area contributed by atoms with Crippen molar-refractivity contribution in [2.24, 2.45) is 0 Å². The summed E-state index contributed by atoms with van der Waals surface area (Å²) >= 11 is 13.4. The lowest BCUT2D eigenvalue weighted by Crippen LogP contribution is -2.15. The first-order chi connectivity index (χ1) is 15.4. The number of Topliss-reactive ketones (excluding diaryl/α,β-unsaturated/α-hetero) is 1. The number of halogens is 2. The summed E-state index contributed by atoms with van der Waals surface area (Å²) in [5.41, 5.74) is 1.20. The molecule has 0 unspecified atom stereocenters. The van der Waals surface area contributed by atoms with Crippen molar-refractivity contribution in [3.05, 3.63) is 76.6 Å². The standard InChI is InChI=1S/C22H20Cl2N4O3S/c1-3-10-28-20(12-31-19-11-16(23)6-9-18(19)24)26-27-22(28)32-13-21(30)25-17-7-4-15(5-8-17)14(2)29/h3-9,11H,1,10,12-13H2,2H3,(H,25,30). The number of amides is 1. The number of carbonyl (C=O) groups excluding carboxylic acids is 2. The molecule has 0 aliphatic heterocycles. The minimum absolute atomic E-state index is 0.0302. The molecular weight excluding hydrogens is 471 g/mol. The Kier molecular flexibility index (Phi) is 8.33. The van der Waals surface area contributed by atoms with Gasteiger partial charge >= 0.3 is 0 Å². The van der Waals surface area contributed by atoms with Crippen molar-refractivity contribution in [1.82, 2.24) is 14.8 Å². The molecule has 0 spiro atoms. The maximum absolute atomic E-state index is 12.3. The molecule has 1 heterocycles. The average Bonchev–Trinajstić information content (AvgIpc) is 3.15. The number of nitrogens with one attached hydrogen (secondary N) is 1. The molecule has 10 heteroatoms. The Hall–Kier alpha value is -2.81. The second-order valence-electron chi connectivity index (χ2n) is 6.63. The molecule has 1 N–H and O–H groups in total. The first-order valence-corrected chi connectivity index (χ1v) is 11.3. The highest BCUT2D eigenvalue weighted by Gasteiger charge is 2.15. The van der Waals surface area contributed by atoms with E-state index >= 15 is 0 Å². The van der Waals surface area contributed by atoms with Crippen LogP contribution in [0.1, 0.15) is 23.1 Å². The number of thioether (sulfide) groups is 1. The summed E-state index contributed by atoms with van der Waals surface area (Å²) in [6.07, 6.45) is 1.71. The summed E-state index contributed by atoms with van der Waals surface area (Å²) in [6, 6.07) is 11.7. The van der Waals surface area contributed by atoms with Gasteiger partial charge in [0.1, 0.15) is 12.4 Å². The number of anilines is 1. The van der Waals surface area contributed by atoms with Crippen LogP contribution in [0, 0.1) is 0 Å². The van der Waals surface area contributed by atoms with Gasteiger partial charge < -0.3 is 10.1 Å². The summed E-state index contributed by atoms with van der Waals surface area (Å²) < 4.78 is 7.56. The lowest BCUT2D eigenvalue weighted by atomic mass is 10.1. The predicted molar refractivity (Wildman–Crippen MR) is 127 cm³/mol. The third-order valence-electron chi connectivity index (χ3n) is 4.26. The van der Waals surface area contributed by atoms with E-state index in [2.05, 4.69) is 22.1 Å². The number of hydrogen-bond acceptors (Lipinski definition) is 6. The number of benzene rings is 2. The molecule has 32 heavy (non-hydrogen) atoms. The minimum Gasteiger partial charge on any atom is -0.484 e. The molecule has 3 aromatic rings.